The number of hydrogen-bond acceptors (Lipinski definition) is 8. The van der Waals surface area contributed by atoms with Gasteiger partial charge in [-0.1, -0.05) is 47.7 Å². The van der Waals surface area contributed by atoms with Gasteiger partial charge in [-0.3, -0.25) is 14.9 Å². The van der Waals surface area contributed by atoms with E-state index in [0.717, 1.165) is 21.8 Å². The number of carbonyl (C=O) groups excluding carboxylic acids is 1. The van der Waals surface area contributed by atoms with Crippen molar-refractivity contribution in [3.63, 3.8) is 0 Å². The number of anilines is 3. The van der Waals surface area contributed by atoms with Crippen molar-refractivity contribution in [2.75, 3.05) is 24.3 Å². The Morgan fingerprint density at radius 3 is 2.34 bits per heavy atom. The van der Waals surface area contributed by atoms with Crippen LogP contribution in [0.4, 0.5) is 22.2 Å². The van der Waals surface area contributed by atoms with E-state index in [4.69, 9.17) is 0 Å². The molecule has 0 aliphatic rings. The lowest BCUT2D eigenvalue weighted by atomic mass is 10.1. The van der Waals surface area contributed by atoms with Crippen LogP contribution in [0.5, 0.6) is 0 Å². The second-order valence-electron chi connectivity index (χ2n) is 8.49. The first-order chi connectivity index (χ1) is 18.3. The molecule has 192 valence electrons. The van der Waals surface area contributed by atoms with E-state index in [9.17, 15) is 14.9 Å². The number of aromatic nitrogens is 1. The molecule has 0 unspecified atom stereocenters. The average Bonchev–Trinajstić information content (AvgIpc) is 3.29. The zero-order chi connectivity index (χ0) is 27.1. The maximum Gasteiger partial charge on any atom is 0.271 e. The van der Waals surface area contributed by atoms with Crippen molar-refractivity contribution in [2.45, 2.75) is 6.92 Å². The van der Waals surface area contributed by atoms with Gasteiger partial charge in [0.25, 0.3) is 11.6 Å². The van der Waals surface area contributed by atoms with Crippen molar-refractivity contribution in [1.29, 1.82) is 0 Å². The molecule has 1 aromatic heterocycles. The number of non-ortho nitro benzene ring substituents is 1. The van der Waals surface area contributed by atoms with Crippen LogP contribution in [-0.2, 0) is 0 Å². The van der Waals surface area contributed by atoms with Gasteiger partial charge in [0.2, 0.25) is 0 Å². The number of allylic oxidation sites excluding steroid dienone is 1. The Labute approximate surface area is 224 Å². The highest BCUT2D eigenvalue weighted by Crippen LogP contribution is 2.28. The summed E-state index contributed by atoms with van der Waals surface area (Å²) < 4.78 is 0. The first kappa shape index (κ1) is 26.2. The molecule has 0 aliphatic heterocycles. The number of rotatable bonds is 9. The summed E-state index contributed by atoms with van der Waals surface area (Å²) in [5.41, 5.74) is 7.16. The monoisotopic (exact) mass is 526 g/mol. The zero-order valence-corrected chi connectivity index (χ0v) is 21.9. The average molecular weight is 527 g/mol. The number of nitro groups is 1. The number of aryl methyl sites for hydroxylation is 1. The van der Waals surface area contributed by atoms with E-state index in [0.29, 0.717) is 22.1 Å². The highest BCUT2D eigenvalue weighted by atomic mass is 32.1. The van der Waals surface area contributed by atoms with Crippen LogP contribution in [0.25, 0.3) is 6.08 Å². The van der Waals surface area contributed by atoms with Crippen molar-refractivity contribution < 1.29 is 9.72 Å². The lowest BCUT2D eigenvalue weighted by Crippen LogP contribution is -2.19. The van der Waals surface area contributed by atoms with Crippen LogP contribution in [0.2, 0.25) is 0 Å². The van der Waals surface area contributed by atoms with Gasteiger partial charge >= 0.3 is 0 Å². The fourth-order valence-electron chi connectivity index (χ4n) is 3.47. The van der Waals surface area contributed by atoms with Crippen LogP contribution in [0.3, 0.4) is 0 Å². The molecule has 0 saturated carbocycles. The molecule has 0 spiro atoms. The van der Waals surface area contributed by atoms with Crippen LogP contribution >= 0.6 is 11.3 Å². The molecule has 3 aromatic carbocycles. The van der Waals surface area contributed by atoms with Crippen LogP contribution in [-0.4, -0.2) is 35.6 Å². The topological polar surface area (TPSA) is 113 Å². The second kappa shape index (κ2) is 11.9. The first-order valence-corrected chi connectivity index (χ1v) is 12.5. The standard InChI is InChI=1S/C28H26N6O3S/c1-19-26(38-28(29-19)30-22-12-16-24(17-13-22)34(36)37)25(31-32-27(35)21-7-5-4-6-8-21)18-11-20-9-14-23(15-10-20)33(2)3/h4-18H,1-3H3,(H,29,30)(H,32,35)/b18-11?,31-25+. The molecular weight excluding hydrogens is 500 g/mol. The summed E-state index contributed by atoms with van der Waals surface area (Å²) in [5.74, 6) is -0.321. The lowest BCUT2D eigenvalue weighted by Gasteiger charge is -2.11. The maximum atomic E-state index is 12.6. The second-order valence-corrected chi connectivity index (χ2v) is 9.48. The van der Waals surface area contributed by atoms with Crippen LogP contribution in [0.1, 0.15) is 26.5 Å². The molecule has 2 N–H and O–H groups in total. The summed E-state index contributed by atoms with van der Waals surface area (Å²) in [4.78, 5) is 30.5. The van der Waals surface area contributed by atoms with Crippen LogP contribution in [0, 0.1) is 17.0 Å². The van der Waals surface area contributed by atoms with Crippen molar-refractivity contribution in [3.05, 3.63) is 117 Å². The highest BCUT2D eigenvalue weighted by molar-refractivity contribution is 7.17. The summed E-state index contributed by atoms with van der Waals surface area (Å²) in [7, 11) is 3.97. The fraction of sp³-hybridized carbons (Fsp3) is 0.107. The molecule has 1 amide bonds. The number of nitrogens with zero attached hydrogens (tertiary/aromatic N) is 4. The van der Waals surface area contributed by atoms with E-state index in [-0.39, 0.29) is 11.6 Å². The molecular formula is C28H26N6O3S. The molecule has 0 bridgehead atoms. The molecule has 0 aliphatic carbocycles. The van der Waals surface area contributed by atoms with E-state index in [1.54, 1.807) is 36.4 Å². The number of nitrogens with one attached hydrogen (secondary N) is 2. The number of hydrazone groups is 1. The first-order valence-electron chi connectivity index (χ1n) is 11.7. The van der Waals surface area contributed by atoms with Gasteiger partial charge in [0.1, 0.15) is 5.71 Å². The minimum Gasteiger partial charge on any atom is -0.378 e. The minimum atomic E-state index is -0.442. The molecule has 0 atom stereocenters. The zero-order valence-electron chi connectivity index (χ0n) is 21.1. The van der Waals surface area contributed by atoms with E-state index in [1.165, 1.54) is 23.5 Å². The fourth-order valence-corrected chi connectivity index (χ4v) is 4.42. The van der Waals surface area contributed by atoms with Gasteiger partial charge in [-0.15, -0.1) is 0 Å². The normalized spacial score (nSPS) is 11.4. The molecule has 10 heteroatoms. The Bertz CT molecular complexity index is 1480. The Hall–Kier alpha value is -4.83. The molecule has 4 rings (SSSR count). The largest absolute Gasteiger partial charge is 0.378 e. The number of benzene rings is 3. The van der Waals surface area contributed by atoms with Crippen molar-refractivity contribution in [1.82, 2.24) is 10.4 Å². The number of carbonyl (C=O) groups is 1. The van der Waals surface area contributed by atoms with Gasteiger partial charge in [0.05, 0.1) is 15.5 Å². The summed E-state index contributed by atoms with van der Waals surface area (Å²) >= 11 is 1.37. The predicted octanol–water partition coefficient (Wildman–Crippen LogP) is 6.02. The molecule has 9 nitrogen and oxygen atoms in total. The molecule has 4 aromatic rings. The summed E-state index contributed by atoms with van der Waals surface area (Å²) in [6, 6.07) is 23.0. The van der Waals surface area contributed by atoms with Gasteiger partial charge in [-0.2, -0.15) is 5.10 Å². The van der Waals surface area contributed by atoms with Gasteiger partial charge in [0.15, 0.2) is 5.13 Å². The van der Waals surface area contributed by atoms with Crippen molar-refractivity contribution in [2.24, 2.45) is 5.10 Å². The number of nitro benzene ring substituents is 1. The lowest BCUT2D eigenvalue weighted by molar-refractivity contribution is -0.384. The Balaban J connectivity index is 1.61. The van der Waals surface area contributed by atoms with Gasteiger partial charge in [0, 0.05) is 43.2 Å². The molecule has 0 radical (unpaired) electrons. The molecule has 1 heterocycles. The van der Waals surface area contributed by atoms with Gasteiger partial charge in [-0.25, -0.2) is 10.4 Å². The van der Waals surface area contributed by atoms with E-state index in [1.807, 2.05) is 68.4 Å². The van der Waals surface area contributed by atoms with E-state index in [2.05, 4.69) is 20.8 Å². The maximum absolute atomic E-state index is 12.6. The third kappa shape index (κ3) is 6.68. The number of thiazole rings is 1. The quantitative estimate of drug-likeness (QED) is 0.157. The summed E-state index contributed by atoms with van der Waals surface area (Å²) in [6.07, 6.45) is 3.77. The summed E-state index contributed by atoms with van der Waals surface area (Å²) in [6.45, 7) is 1.86. The summed E-state index contributed by atoms with van der Waals surface area (Å²) in [5, 5.41) is 19.1. The third-order valence-corrected chi connectivity index (χ3v) is 6.61. The van der Waals surface area contributed by atoms with Crippen molar-refractivity contribution >= 4 is 51.2 Å². The van der Waals surface area contributed by atoms with Gasteiger partial charge in [-0.05, 0) is 55.0 Å². The Kier molecular flexibility index (Phi) is 8.24. The molecule has 0 fully saturated rings. The smallest absolute Gasteiger partial charge is 0.271 e. The highest BCUT2D eigenvalue weighted by Gasteiger charge is 2.14. The molecule has 38 heavy (non-hydrogen) atoms. The SMILES string of the molecule is Cc1nc(Nc2ccc([N+](=O)[O-])cc2)sc1/C(C=Cc1ccc(N(C)C)cc1)=N/NC(=O)c1ccccc1. The third-order valence-electron chi connectivity index (χ3n) is 5.52. The Morgan fingerprint density at radius 2 is 1.71 bits per heavy atom. The van der Waals surface area contributed by atoms with E-state index >= 15 is 0 Å². The van der Waals surface area contributed by atoms with E-state index < -0.39 is 4.92 Å². The van der Waals surface area contributed by atoms with Gasteiger partial charge < -0.3 is 10.2 Å². The molecule has 0 saturated heterocycles. The number of amides is 1. The number of hydrogen-bond donors (Lipinski definition) is 2. The van der Waals surface area contributed by atoms with Crippen LogP contribution in [0.15, 0.2) is 90.0 Å². The minimum absolute atomic E-state index is 0.0129. The van der Waals surface area contributed by atoms with Crippen LogP contribution < -0.4 is 15.6 Å². The predicted molar refractivity (Wildman–Crippen MR) is 153 cm³/mol. The van der Waals surface area contributed by atoms with Crippen molar-refractivity contribution in [3.8, 4) is 0 Å². The Morgan fingerprint density at radius 1 is 1.03 bits per heavy atom.